The van der Waals surface area contributed by atoms with E-state index in [2.05, 4.69) is 22.8 Å². The average molecular weight is 254 g/mol. The van der Waals surface area contributed by atoms with Crippen molar-refractivity contribution in [1.82, 2.24) is 0 Å². The lowest BCUT2D eigenvalue weighted by Gasteiger charge is -2.25. The van der Waals surface area contributed by atoms with Gasteiger partial charge in [0.15, 0.2) is 0 Å². The Kier molecular flexibility index (Phi) is 3.04. The number of benzene rings is 1. The van der Waals surface area contributed by atoms with E-state index in [1.165, 1.54) is 23.3 Å². The van der Waals surface area contributed by atoms with Gasteiger partial charge in [0, 0.05) is 4.88 Å². The number of hydrogen-bond donors (Lipinski definition) is 1. The second-order valence-electron chi connectivity index (χ2n) is 4.55. The van der Waals surface area contributed by atoms with Crippen molar-refractivity contribution in [2.75, 3.05) is 5.32 Å². The van der Waals surface area contributed by atoms with Gasteiger partial charge in [-0.2, -0.15) is 5.26 Å². The molecule has 0 radical (unpaired) electrons. The minimum atomic E-state index is 0.356. The second-order valence-corrected chi connectivity index (χ2v) is 5.55. The predicted octanol–water partition coefficient (Wildman–Crippen LogP) is 4.11. The zero-order valence-corrected chi connectivity index (χ0v) is 10.8. The Labute approximate surface area is 111 Å². The van der Waals surface area contributed by atoms with E-state index < -0.39 is 0 Å². The van der Waals surface area contributed by atoms with Crippen LogP contribution in [0.25, 0.3) is 0 Å². The van der Waals surface area contributed by atoms with Gasteiger partial charge in [-0.25, -0.2) is 0 Å². The number of thiophene rings is 1. The molecule has 90 valence electrons. The summed E-state index contributed by atoms with van der Waals surface area (Å²) in [5.41, 5.74) is 3.09. The minimum Gasteiger partial charge on any atom is -0.377 e. The molecule has 3 rings (SSSR count). The number of nitriles is 1. The largest absolute Gasteiger partial charge is 0.377 e. The van der Waals surface area contributed by atoms with E-state index in [-0.39, 0.29) is 0 Å². The average Bonchev–Trinajstić information content (AvgIpc) is 2.89. The molecule has 1 heterocycles. The summed E-state index contributed by atoms with van der Waals surface area (Å²) >= 11 is 1.84. The van der Waals surface area contributed by atoms with E-state index in [1.54, 1.807) is 0 Å². The molecule has 18 heavy (non-hydrogen) atoms. The van der Waals surface area contributed by atoms with E-state index >= 15 is 0 Å². The monoisotopic (exact) mass is 254 g/mol. The van der Waals surface area contributed by atoms with Gasteiger partial charge in [-0.3, -0.25) is 0 Å². The van der Waals surface area contributed by atoms with Crippen LogP contribution < -0.4 is 5.32 Å². The molecule has 0 fully saturated rings. The highest BCUT2D eigenvalue weighted by molar-refractivity contribution is 7.10. The van der Waals surface area contributed by atoms with Gasteiger partial charge in [-0.1, -0.05) is 12.1 Å². The fourth-order valence-electron chi connectivity index (χ4n) is 2.53. The number of nitrogens with one attached hydrogen (secondary N) is 1. The lowest BCUT2D eigenvalue weighted by atomic mass is 9.93. The molecular formula is C15H14N2S. The van der Waals surface area contributed by atoms with Crippen molar-refractivity contribution in [1.29, 1.82) is 5.26 Å². The molecular weight excluding hydrogens is 240 g/mol. The molecule has 2 nitrogen and oxygen atoms in total. The first-order chi connectivity index (χ1) is 8.88. The molecule has 0 spiro atoms. The van der Waals surface area contributed by atoms with Crippen LogP contribution in [0.2, 0.25) is 0 Å². The molecule has 1 aromatic heterocycles. The van der Waals surface area contributed by atoms with E-state index in [1.807, 2.05) is 35.6 Å². The number of nitrogens with zero attached hydrogens (tertiary/aromatic N) is 1. The van der Waals surface area contributed by atoms with Crippen LogP contribution in [-0.2, 0) is 6.42 Å². The van der Waals surface area contributed by atoms with Crippen LogP contribution in [0.1, 0.15) is 34.9 Å². The van der Waals surface area contributed by atoms with Crippen LogP contribution in [-0.4, -0.2) is 0 Å². The Hall–Kier alpha value is -1.79. The number of aryl methyl sites for hydroxylation is 1. The van der Waals surface area contributed by atoms with E-state index in [4.69, 9.17) is 5.26 Å². The summed E-state index contributed by atoms with van der Waals surface area (Å²) in [6, 6.07) is 12.5. The van der Waals surface area contributed by atoms with Crippen molar-refractivity contribution in [3.8, 4) is 6.07 Å². The highest BCUT2D eigenvalue weighted by Crippen LogP contribution is 2.35. The second kappa shape index (κ2) is 4.83. The summed E-state index contributed by atoms with van der Waals surface area (Å²) in [6.07, 6.45) is 3.56. The number of anilines is 1. The van der Waals surface area contributed by atoms with Crippen LogP contribution in [0.5, 0.6) is 0 Å². The zero-order chi connectivity index (χ0) is 12.4. The quantitative estimate of drug-likeness (QED) is 0.875. The van der Waals surface area contributed by atoms with Crippen molar-refractivity contribution in [2.24, 2.45) is 0 Å². The van der Waals surface area contributed by atoms with Crippen molar-refractivity contribution in [2.45, 2.75) is 25.3 Å². The summed E-state index contributed by atoms with van der Waals surface area (Å²) in [4.78, 5) is 1.49. The summed E-state index contributed by atoms with van der Waals surface area (Å²) < 4.78 is 0. The molecule has 2 aromatic rings. The summed E-state index contributed by atoms with van der Waals surface area (Å²) in [5.74, 6) is 0. The van der Waals surface area contributed by atoms with Crippen molar-refractivity contribution < 1.29 is 0 Å². The van der Waals surface area contributed by atoms with Gasteiger partial charge < -0.3 is 5.32 Å². The first kappa shape index (κ1) is 11.3. The first-order valence-electron chi connectivity index (χ1n) is 6.20. The fraction of sp³-hybridized carbons (Fsp3) is 0.267. The molecule has 1 aliphatic rings. The Morgan fingerprint density at radius 3 is 3.06 bits per heavy atom. The third-order valence-electron chi connectivity index (χ3n) is 3.43. The van der Waals surface area contributed by atoms with Gasteiger partial charge in [-0.15, -0.1) is 11.3 Å². The molecule has 0 amide bonds. The standard InChI is InChI=1S/C15H14N2S/c16-10-11-4-1-2-5-13(11)17-14-6-3-7-15-12(14)8-9-18-15/h1-2,4-5,8-9,14,17H,3,6-7H2. The van der Waals surface area contributed by atoms with Crippen molar-refractivity contribution in [3.05, 3.63) is 51.7 Å². The van der Waals surface area contributed by atoms with E-state index in [0.29, 0.717) is 6.04 Å². The highest BCUT2D eigenvalue weighted by Gasteiger charge is 2.21. The number of hydrogen-bond acceptors (Lipinski definition) is 3. The number of para-hydroxylation sites is 1. The molecule has 1 unspecified atom stereocenters. The minimum absolute atomic E-state index is 0.356. The first-order valence-corrected chi connectivity index (χ1v) is 7.08. The molecule has 0 bridgehead atoms. The van der Waals surface area contributed by atoms with Crippen LogP contribution in [0.4, 0.5) is 5.69 Å². The fourth-order valence-corrected chi connectivity index (χ4v) is 3.52. The van der Waals surface area contributed by atoms with Gasteiger partial charge in [0.25, 0.3) is 0 Å². The maximum Gasteiger partial charge on any atom is 0.101 e. The summed E-state index contributed by atoms with van der Waals surface area (Å²) in [6.45, 7) is 0. The summed E-state index contributed by atoms with van der Waals surface area (Å²) in [7, 11) is 0. The van der Waals surface area contributed by atoms with Gasteiger partial charge in [0.2, 0.25) is 0 Å². The predicted molar refractivity (Wildman–Crippen MR) is 74.8 cm³/mol. The molecule has 1 atom stereocenters. The number of rotatable bonds is 2. The third kappa shape index (κ3) is 2.00. The van der Waals surface area contributed by atoms with Crippen LogP contribution in [0.15, 0.2) is 35.7 Å². The topological polar surface area (TPSA) is 35.8 Å². The van der Waals surface area contributed by atoms with E-state index in [0.717, 1.165) is 17.7 Å². The zero-order valence-electron chi connectivity index (χ0n) is 10.0. The van der Waals surface area contributed by atoms with E-state index in [9.17, 15) is 0 Å². The molecule has 0 aliphatic heterocycles. The summed E-state index contributed by atoms with van der Waals surface area (Å²) in [5, 5.41) is 14.8. The Balaban J connectivity index is 1.89. The Morgan fingerprint density at radius 1 is 1.28 bits per heavy atom. The third-order valence-corrected chi connectivity index (χ3v) is 4.43. The number of fused-ring (bicyclic) bond motifs is 1. The normalized spacial score (nSPS) is 17.8. The van der Waals surface area contributed by atoms with Gasteiger partial charge in [0.1, 0.15) is 6.07 Å². The highest BCUT2D eigenvalue weighted by atomic mass is 32.1. The Morgan fingerprint density at radius 2 is 2.17 bits per heavy atom. The van der Waals surface area contributed by atoms with Crippen LogP contribution >= 0.6 is 11.3 Å². The van der Waals surface area contributed by atoms with Crippen molar-refractivity contribution >= 4 is 17.0 Å². The lowest BCUT2D eigenvalue weighted by Crippen LogP contribution is -2.16. The molecule has 0 saturated heterocycles. The lowest BCUT2D eigenvalue weighted by molar-refractivity contribution is 0.609. The smallest absolute Gasteiger partial charge is 0.101 e. The molecule has 1 aromatic carbocycles. The van der Waals surface area contributed by atoms with Crippen LogP contribution in [0.3, 0.4) is 0 Å². The van der Waals surface area contributed by atoms with Gasteiger partial charge in [-0.05, 0) is 48.4 Å². The van der Waals surface area contributed by atoms with Gasteiger partial charge in [0.05, 0.1) is 17.3 Å². The van der Waals surface area contributed by atoms with Crippen LogP contribution in [0, 0.1) is 11.3 Å². The van der Waals surface area contributed by atoms with Crippen molar-refractivity contribution in [3.63, 3.8) is 0 Å². The molecule has 1 N–H and O–H groups in total. The SMILES string of the molecule is N#Cc1ccccc1NC1CCCc2sccc21. The molecule has 0 saturated carbocycles. The molecule has 3 heteroatoms. The maximum absolute atomic E-state index is 9.12. The van der Waals surface area contributed by atoms with Gasteiger partial charge >= 0.3 is 0 Å². The molecule has 1 aliphatic carbocycles. The Bertz CT molecular complexity index is 595. The maximum atomic E-state index is 9.12.